The predicted octanol–water partition coefficient (Wildman–Crippen LogP) is 13.3. The summed E-state index contributed by atoms with van der Waals surface area (Å²) in [4.78, 5) is 44.7. The second-order valence-corrected chi connectivity index (χ2v) is 20.6. The van der Waals surface area contributed by atoms with E-state index in [0.717, 1.165) is 49.8 Å². The van der Waals surface area contributed by atoms with Gasteiger partial charge in [0.1, 0.15) is 31.0 Å². The summed E-state index contributed by atoms with van der Waals surface area (Å²) in [5.41, 5.74) is 7.11. The fourth-order valence-corrected chi connectivity index (χ4v) is 9.60. The van der Waals surface area contributed by atoms with E-state index in [9.17, 15) is 29.7 Å². The molecule has 2 rings (SSSR count). The highest BCUT2D eigenvalue weighted by molar-refractivity contribution is 5.95. The van der Waals surface area contributed by atoms with E-state index < -0.39 is 61.3 Å². The molecule has 0 radical (unpaired) electrons. The lowest BCUT2D eigenvalue weighted by Gasteiger charge is -2.49. The number of hydrogen-bond donors (Lipinski definition) is 4. The number of rotatable bonds is 42. The zero-order chi connectivity index (χ0) is 50.3. The molecule has 400 valence electrons. The van der Waals surface area contributed by atoms with Crippen molar-refractivity contribution < 1.29 is 43.9 Å². The third-order valence-electron chi connectivity index (χ3n) is 13.9. The molecule has 69 heavy (non-hydrogen) atoms. The lowest BCUT2D eigenvalue weighted by atomic mass is 9.93. The van der Waals surface area contributed by atoms with Crippen LogP contribution in [-0.4, -0.2) is 99.6 Å². The van der Waals surface area contributed by atoms with Crippen LogP contribution in [0.3, 0.4) is 0 Å². The van der Waals surface area contributed by atoms with Gasteiger partial charge in [0.15, 0.2) is 6.23 Å². The van der Waals surface area contributed by atoms with Crippen molar-refractivity contribution in [2.45, 2.75) is 283 Å². The Balaban J connectivity index is 2.10. The Kier molecular flexibility index (Phi) is 36.9. The van der Waals surface area contributed by atoms with E-state index in [2.05, 4.69) is 13.8 Å². The fourth-order valence-electron chi connectivity index (χ4n) is 9.60. The van der Waals surface area contributed by atoms with Crippen molar-refractivity contribution in [2.24, 2.45) is 11.7 Å². The van der Waals surface area contributed by atoms with Gasteiger partial charge in [0.05, 0.1) is 19.3 Å². The molecule has 0 spiro atoms. The summed E-state index contributed by atoms with van der Waals surface area (Å²) in [5, 5.41) is 33.4. The van der Waals surface area contributed by atoms with Gasteiger partial charge in [-0.25, -0.2) is 14.5 Å². The van der Waals surface area contributed by atoms with E-state index in [-0.39, 0.29) is 32.1 Å². The Morgan fingerprint density at radius 3 is 1.43 bits per heavy atom. The number of benzene rings is 1. The lowest BCUT2D eigenvalue weighted by Crippen LogP contribution is -2.71. The lowest BCUT2D eigenvalue weighted by molar-refractivity contribution is -0.241. The average molecular weight is 974 g/mol. The highest BCUT2D eigenvalue weighted by Crippen LogP contribution is 2.31. The molecule has 12 nitrogen and oxygen atoms in total. The number of aliphatic hydroxyl groups excluding tert-OH is 3. The molecule has 0 bridgehead atoms. The topological polar surface area (TPSA) is 172 Å². The van der Waals surface area contributed by atoms with Crippen LogP contribution in [-0.2, 0) is 25.6 Å². The van der Waals surface area contributed by atoms with E-state index >= 15 is 0 Å². The first-order valence-corrected chi connectivity index (χ1v) is 28.4. The molecule has 0 aliphatic carbocycles. The molecular formula is C57H103N3O9. The summed E-state index contributed by atoms with van der Waals surface area (Å²) in [6.45, 7) is 7.77. The number of nitrogens with two attached hydrogens (primary N) is 1. The Labute approximate surface area is 420 Å². The van der Waals surface area contributed by atoms with Crippen LogP contribution >= 0.6 is 0 Å². The second kappa shape index (κ2) is 40.8. The summed E-state index contributed by atoms with van der Waals surface area (Å²) in [6.07, 6.45) is 30.8. The van der Waals surface area contributed by atoms with E-state index in [4.69, 9.17) is 19.9 Å². The molecule has 0 saturated carbocycles. The van der Waals surface area contributed by atoms with Crippen LogP contribution in [0.1, 0.15) is 245 Å². The van der Waals surface area contributed by atoms with Crippen LogP contribution in [0.2, 0.25) is 0 Å². The second-order valence-electron chi connectivity index (χ2n) is 20.6. The van der Waals surface area contributed by atoms with Gasteiger partial charge in [-0.2, -0.15) is 0 Å². The monoisotopic (exact) mass is 974 g/mol. The van der Waals surface area contributed by atoms with Crippen molar-refractivity contribution in [2.75, 3.05) is 19.8 Å². The maximum absolute atomic E-state index is 14.3. The fraction of sp³-hybridized carbons (Fsp3) is 0.842. The zero-order valence-corrected chi connectivity index (χ0v) is 44.4. The van der Waals surface area contributed by atoms with Crippen molar-refractivity contribution in [3.05, 3.63) is 35.9 Å². The molecule has 1 aliphatic rings. The number of amides is 3. The molecule has 1 saturated heterocycles. The van der Waals surface area contributed by atoms with Crippen LogP contribution in [0, 0.1) is 5.92 Å². The highest BCUT2D eigenvalue weighted by atomic mass is 16.6. The van der Waals surface area contributed by atoms with Crippen LogP contribution < -0.4 is 5.73 Å². The van der Waals surface area contributed by atoms with Crippen LogP contribution in [0.15, 0.2) is 30.3 Å². The molecule has 1 aliphatic heterocycles. The molecule has 3 amide bonds. The van der Waals surface area contributed by atoms with Crippen molar-refractivity contribution in [3.8, 4) is 0 Å². The Bertz CT molecular complexity index is 1400. The van der Waals surface area contributed by atoms with Crippen molar-refractivity contribution in [1.82, 2.24) is 9.80 Å². The Morgan fingerprint density at radius 2 is 1.01 bits per heavy atom. The third-order valence-corrected chi connectivity index (χ3v) is 13.9. The standard InChI is InChI=1S/C57H103N3O9/c1-5-7-9-11-13-15-17-19-21-23-25-27-29-31-33-38-42-59(56(65)67-43-39-34-32-30-28-26-24-22-20-18-16-14-12-10-8-6-2)55-51(53(63)52(62)50(45-61)69-55)60(54(64)49(58)44-47(3)4)57(66)68-46-48-40-36-35-37-41-48/h35-37,40-41,47,49-53,55,61-63H,5-34,38-39,42-46,58H2,1-4H3/t49-,50+,51+,52+,53+,55+/m0/s1. The first-order chi connectivity index (χ1) is 33.6. The Morgan fingerprint density at radius 1 is 0.594 bits per heavy atom. The third kappa shape index (κ3) is 27.6. The summed E-state index contributed by atoms with van der Waals surface area (Å²) < 4.78 is 17.8. The van der Waals surface area contributed by atoms with Gasteiger partial charge >= 0.3 is 12.2 Å². The molecule has 6 atom stereocenters. The van der Waals surface area contributed by atoms with Gasteiger partial charge in [-0.1, -0.05) is 251 Å². The minimum Gasteiger partial charge on any atom is -0.449 e. The number of carbonyl (C=O) groups excluding carboxylic acids is 3. The molecule has 5 N–H and O–H groups in total. The zero-order valence-electron chi connectivity index (χ0n) is 44.4. The summed E-state index contributed by atoms with van der Waals surface area (Å²) in [7, 11) is 0. The first-order valence-electron chi connectivity index (χ1n) is 28.4. The SMILES string of the molecule is CCCCCCCCCCCCCCCCCCOC(=O)N(CCCCCCCCCCCCCCCCCC)[C@@H]1O[C@H](CO)[C@@H](O)[C@H](O)[C@H]1N(C(=O)OCc1ccccc1)C(=O)[C@@H](N)CC(C)C. The van der Waals surface area contributed by atoms with Crippen LogP contribution in [0.4, 0.5) is 9.59 Å². The minimum atomic E-state index is -1.82. The van der Waals surface area contributed by atoms with Gasteiger partial charge in [0.2, 0.25) is 5.91 Å². The largest absolute Gasteiger partial charge is 0.449 e. The van der Waals surface area contributed by atoms with Gasteiger partial charge in [-0.05, 0) is 30.7 Å². The van der Waals surface area contributed by atoms with Gasteiger partial charge in [-0.15, -0.1) is 0 Å². The van der Waals surface area contributed by atoms with E-state index in [1.807, 2.05) is 19.9 Å². The number of unbranched alkanes of at least 4 members (excludes halogenated alkanes) is 30. The quantitative estimate of drug-likeness (QED) is 0.0462. The van der Waals surface area contributed by atoms with Crippen LogP contribution in [0.5, 0.6) is 0 Å². The van der Waals surface area contributed by atoms with Crippen LogP contribution in [0.25, 0.3) is 0 Å². The maximum atomic E-state index is 14.3. The highest BCUT2D eigenvalue weighted by Gasteiger charge is 2.54. The van der Waals surface area contributed by atoms with Gasteiger partial charge < -0.3 is 35.3 Å². The van der Waals surface area contributed by atoms with Gasteiger partial charge in [0, 0.05) is 6.54 Å². The molecule has 1 fully saturated rings. The van der Waals surface area contributed by atoms with E-state index in [1.165, 1.54) is 153 Å². The normalized spacial score (nSPS) is 18.6. The van der Waals surface area contributed by atoms with Crippen molar-refractivity contribution in [1.29, 1.82) is 0 Å². The maximum Gasteiger partial charge on any atom is 0.417 e. The predicted molar refractivity (Wildman–Crippen MR) is 280 cm³/mol. The number of aliphatic hydroxyl groups is 3. The number of hydrogen-bond acceptors (Lipinski definition) is 10. The van der Waals surface area contributed by atoms with E-state index in [1.54, 1.807) is 24.3 Å². The average Bonchev–Trinajstić information content (AvgIpc) is 3.34. The molecule has 0 unspecified atom stereocenters. The molecule has 12 heteroatoms. The Hall–Kier alpha value is -2.77. The van der Waals surface area contributed by atoms with Gasteiger partial charge in [0.25, 0.3) is 0 Å². The number of nitrogens with zero attached hydrogens (tertiary/aromatic N) is 2. The van der Waals surface area contributed by atoms with Gasteiger partial charge in [-0.3, -0.25) is 9.69 Å². The molecule has 1 heterocycles. The number of imide groups is 1. The molecule has 1 aromatic rings. The minimum absolute atomic E-state index is 0.00950. The first kappa shape index (κ1) is 62.3. The summed E-state index contributed by atoms with van der Waals surface area (Å²) in [6, 6.07) is 6.19. The summed E-state index contributed by atoms with van der Waals surface area (Å²) >= 11 is 0. The molecule has 1 aromatic carbocycles. The molecule has 0 aromatic heterocycles. The number of ether oxygens (including phenoxy) is 3. The molecular weight excluding hydrogens is 871 g/mol. The number of carbonyl (C=O) groups is 3. The van der Waals surface area contributed by atoms with Crippen molar-refractivity contribution >= 4 is 18.1 Å². The summed E-state index contributed by atoms with van der Waals surface area (Å²) in [5.74, 6) is -0.845. The smallest absolute Gasteiger partial charge is 0.417 e. The van der Waals surface area contributed by atoms with E-state index in [0.29, 0.717) is 18.4 Å². The van der Waals surface area contributed by atoms with Crippen molar-refractivity contribution in [3.63, 3.8) is 0 Å².